The van der Waals surface area contributed by atoms with Gasteiger partial charge in [-0.05, 0) is 26.2 Å². The highest BCUT2D eigenvalue weighted by molar-refractivity contribution is 5.70. The van der Waals surface area contributed by atoms with Crippen LogP contribution in [0.3, 0.4) is 0 Å². The van der Waals surface area contributed by atoms with Gasteiger partial charge in [0.2, 0.25) is 0 Å². The minimum atomic E-state index is -0.684. The van der Waals surface area contributed by atoms with Crippen molar-refractivity contribution in [3.63, 3.8) is 0 Å². The molecule has 1 heterocycles. The van der Waals surface area contributed by atoms with Crippen LogP contribution in [-0.2, 0) is 11.8 Å². The van der Waals surface area contributed by atoms with E-state index in [1.54, 1.807) is 4.68 Å². The summed E-state index contributed by atoms with van der Waals surface area (Å²) in [5, 5.41) is 13.1. The van der Waals surface area contributed by atoms with Gasteiger partial charge in [0.15, 0.2) is 0 Å². The summed E-state index contributed by atoms with van der Waals surface area (Å²) in [4.78, 5) is 15.2. The van der Waals surface area contributed by atoms with Gasteiger partial charge >= 0.3 is 5.97 Å². The average molecular weight is 209 g/mol. The second-order valence-electron chi connectivity index (χ2n) is 4.19. The summed E-state index contributed by atoms with van der Waals surface area (Å²) in [5.74, 6) is 1.06. The molecular formula is C10H15N3O2. The second kappa shape index (κ2) is 3.64. The summed E-state index contributed by atoms with van der Waals surface area (Å²) in [7, 11) is 1.86. The standard InChI is InChI=1S/C10H15N3O2/c1-6-11-9(13(2)12-6)7-3-4-8(5-7)10(14)15/h7-8H,3-5H2,1-2H3,(H,14,15). The summed E-state index contributed by atoms with van der Waals surface area (Å²) in [5.41, 5.74) is 0. The first-order chi connectivity index (χ1) is 7.08. The molecule has 0 radical (unpaired) electrons. The highest BCUT2D eigenvalue weighted by atomic mass is 16.4. The monoisotopic (exact) mass is 209 g/mol. The zero-order chi connectivity index (χ0) is 11.0. The van der Waals surface area contributed by atoms with Crippen molar-refractivity contribution < 1.29 is 9.90 Å². The van der Waals surface area contributed by atoms with Crippen molar-refractivity contribution in [1.29, 1.82) is 0 Å². The lowest BCUT2D eigenvalue weighted by molar-refractivity contribution is -0.141. The van der Waals surface area contributed by atoms with Crippen molar-refractivity contribution in [3.05, 3.63) is 11.6 Å². The van der Waals surface area contributed by atoms with Gasteiger partial charge in [0.25, 0.3) is 0 Å². The lowest BCUT2D eigenvalue weighted by atomic mass is 10.0. The van der Waals surface area contributed by atoms with E-state index in [1.165, 1.54) is 0 Å². The zero-order valence-corrected chi connectivity index (χ0v) is 8.97. The quantitative estimate of drug-likeness (QED) is 0.791. The van der Waals surface area contributed by atoms with Crippen LogP contribution in [0.2, 0.25) is 0 Å². The largest absolute Gasteiger partial charge is 0.481 e. The van der Waals surface area contributed by atoms with Gasteiger partial charge in [0.05, 0.1) is 5.92 Å². The van der Waals surface area contributed by atoms with E-state index in [2.05, 4.69) is 10.1 Å². The van der Waals surface area contributed by atoms with Crippen LogP contribution in [0.15, 0.2) is 0 Å². The van der Waals surface area contributed by atoms with Gasteiger partial charge in [-0.2, -0.15) is 5.10 Å². The molecule has 0 amide bonds. The van der Waals surface area contributed by atoms with Crippen LogP contribution in [0, 0.1) is 12.8 Å². The number of aromatic nitrogens is 3. The minimum absolute atomic E-state index is 0.202. The first-order valence-corrected chi connectivity index (χ1v) is 5.18. The van der Waals surface area contributed by atoms with Crippen molar-refractivity contribution in [2.45, 2.75) is 32.1 Å². The third-order valence-corrected chi connectivity index (χ3v) is 3.05. The van der Waals surface area contributed by atoms with Gasteiger partial charge in [-0.1, -0.05) is 0 Å². The molecule has 2 rings (SSSR count). The number of hydrogen-bond donors (Lipinski definition) is 1. The van der Waals surface area contributed by atoms with Gasteiger partial charge in [-0.3, -0.25) is 9.48 Å². The molecule has 1 aliphatic rings. The topological polar surface area (TPSA) is 68.0 Å². The Labute approximate surface area is 88.1 Å². The van der Waals surface area contributed by atoms with Crippen LogP contribution in [0.5, 0.6) is 0 Å². The molecule has 0 saturated heterocycles. The Bertz CT molecular complexity index is 386. The van der Waals surface area contributed by atoms with E-state index in [1.807, 2.05) is 14.0 Å². The molecule has 2 unspecified atom stereocenters. The molecule has 1 N–H and O–H groups in total. The summed E-state index contributed by atoms with van der Waals surface area (Å²) >= 11 is 0. The number of carboxylic acid groups (broad SMARTS) is 1. The van der Waals surface area contributed by atoms with Crippen molar-refractivity contribution in [3.8, 4) is 0 Å². The summed E-state index contributed by atoms with van der Waals surface area (Å²) in [6, 6.07) is 0. The van der Waals surface area contributed by atoms with Crippen LogP contribution >= 0.6 is 0 Å². The smallest absolute Gasteiger partial charge is 0.306 e. The molecule has 1 saturated carbocycles. The third-order valence-electron chi connectivity index (χ3n) is 3.05. The first-order valence-electron chi connectivity index (χ1n) is 5.18. The van der Waals surface area contributed by atoms with Crippen LogP contribution < -0.4 is 0 Å². The van der Waals surface area contributed by atoms with Crippen molar-refractivity contribution in [2.24, 2.45) is 13.0 Å². The van der Waals surface area contributed by atoms with E-state index in [-0.39, 0.29) is 11.8 Å². The predicted octanol–water partition coefficient (Wildman–Crippen LogP) is 1.09. The molecule has 15 heavy (non-hydrogen) atoms. The molecule has 5 nitrogen and oxygen atoms in total. The number of aryl methyl sites for hydroxylation is 2. The van der Waals surface area contributed by atoms with Crippen LogP contribution in [0.4, 0.5) is 0 Å². The lowest BCUT2D eigenvalue weighted by Gasteiger charge is -2.07. The molecule has 1 fully saturated rings. The minimum Gasteiger partial charge on any atom is -0.481 e. The van der Waals surface area contributed by atoms with Crippen molar-refractivity contribution in [1.82, 2.24) is 14.8 Å². The normalized spacial score (nSPS) is 25.7. The van der Waals surface area contributed by atoms with E-state index in [0.29, 0.717) is 6.42 Å². The molecule has 0 aliphatic heterocycles. The van der Waals surface area contributed by atoms with Gasteiger partial charge in [-0.25, -0.2) is 4.98 Å². The fourth-order valence-electron chi connectivity index (χ4n) is 2.32. The summed E-state index contributed by atoms with van der Waals surface area (Å²) in [6.07, 6.45) is 2.36. The first kappa shape index (κ1) is 10.1. The van der Waals surface area contributed by atoms with Crippen LogP contribution in [0.1, 0.15) is 36.8 Å². The Morgan fingerprint density at radius 3 is 2.73 bits per heavy atom. The average Bonchev–Trinajstić information content (AvgIpc) is 2.71. The van der Waals surface area contributed by atoms with Gasteiger partial charge in [0.1, 0.15) is 11.6 Å². The Hall–Kier alpha value is -1.39. The van der Waals surface area contributed by atoms with E-state index in [4.69, 9.17) is 5.11 Å². The Morgan fingerprint density at radius 2 is 2.27 bits per heavy atom. The SMILES string of the molecule is Cc1nc(C2CCC(C(=O)O)C2)n(C)n1. The highest BCUT2D eigenvalue weighted by Crippen LogP contribution is 2.37. The summed E-state index contributed by atoms with van der Waals surface area (Å²) in [6.45, 7) is 1.85. The number of nitrogens with zero attached hydrogens (tertiary/aromatic N) is 3. The van der Waals surface area contributed by atoms with Gasteiger partial charge in [0, 0.05) is 13.0 Å². The van der Waals surface area contributed by atoms with E-state index >= 15 is 0 Å². The molecule has 1 aromatic heterocycles. The predicted molar refractivity (Wildman–Crippen MR) is 53.5 cm³/mol. The van der Waals surface area contributed by atoms with Gasteiger partial charge in [-0.15, -0.1) is 0 Å². The van der Waals surface area contributed by atoms with E-state index in [9.17, 15) is 4.79 Å². The lowest BCUT2D eigenvalue weighted by Crippen LogP contribution is -2.10. The molecule has 1 aliphatic carbocycles. The fourth-order valence-corrected chi connectivity index (χ4v) is 2.32. The molecule has 0 spiro atoms. The van der Waals surface area contributed by atoms with E-state index < -0.39 is 5.97 Å². The number of rotatable bonds is 2. The maximum atomic E-state index is 10.8. The second-order valence-corrected chi connectivity index (χ2v) is 4.19. The maximum Gasteiger partial charge on any atom is 0.306 e. The number of carbonyl (C=O) groups is 1. The third kappa shape index (κ3) is 1.86. The maximum absolute atomic E-state index is 10.8. The highest BCUT2D eigenvalue weighted by Gasteiger charge is 2.32. The Balaban J connectivity index is 2.14. The van der Waals surface area contributed by atoms with Crippen LogP contribution in [0.25, 0.3) is 0 Å². The molecule has 82 valence electrons. The molecule has 0 aromatic carbocycles. The molecule has 5 heteroatoms. The molecular weight excluding hydrogens is 194 g/mol. The Kier molecular flexibility index (Phi) is 2.46. The Morgan fingerprint density at radius 1 is 1.53 bits per heavy atom. The fraction of sp³-hybridized carbons (Fsp3) is 0.700. The summed E-state index contributed by atoms with van der Waals surface area (Å²) < 4.78 is 1.77. The molecule has 2 atom stereocenters. The van der Waals surface area contributed by atoms with Gasteiger partial charge < -0.3 is 5.11 Å². The number of aliphatic carboxylic acids is 1. The molecule has 1 aromatic rings. The van der Waals surface area contributed by atoms with Crippen LogP contribution in [-0.4, -0.2) is 25.8 Å². The number of hydrogen-bond acceptors (Lipinski definition) is 3. The van der Waals surface area contributed by atoms with Crippen molar-refractivity contribution >= 4 is 5.97 Å². The molecule has 0 bridgehead atoms. The number of carboxylic acids is 1. The van der Waals surface area contributed by atoms with Crippen molar-refractivity contribution in [2.75, 3.05) is 0 Å². The zero-order valence-electron chi connectivity index (χ0n) is 8.97. The van der Waals surface area contributed by atoms with E-state index in [0.717, 1.165) is 24.5 Å².